The summed E-state index contributed by atoms with van der Waals surface area (Å²) in [6, 6.07) is -0.140. The Hall–Kier alpha value is -0.550. The van der Waals surface area contributed by atoms with Gasteiger partial charge in [0.25, 0.3) is 5.22 Å². The van der Waals surface area contributed by atoms with Gasteiger partial charge in [-0.25, -0.2) is 0 Å². The third kappa shape index (κ3) is 2.45. The lowest BCUT2D eigenvalue weighted by molar-refractivity contribution is 0.333. The van der Waals surface area contributed by atoms with Crippen LogP contribution in [0.3, 0.4) is 0 Å². The van der Waals surface area contributed by atoms with Gasteiger partial charge in [0.2, 0.25) is 5.89 Å². The molecule has 1 aromatic rings. The second-order valence-corrected chi connectivity index (χ2v) is 3.78. The van der Waals surface area contributed by atoms with Crippen molar-refractivity contribution in [3.8, 4) is 0 Å². The summed E-state index contributed by atoms with van der Waals surface area (Å²) in [5.41, 5.74) is 5.91. The summed E-state index contributed by atoms with van der Waals surface area (Å²) in [7, 11) is 0. The second kappa shape index (κ2) is 4.62. The summed E-state index contributed by atoms with van der Waals surface area (Å²) >= 11 is 1.43. The van der Waals surface area contributed by atoms with E-state index in [1.54, 1.807) is 0 Å². The van der Waals surface area contributed by atoms with Crippen LogP contribution < -0.4 is 5.73 Å². The van der Waals surface area contributed by atoms with Crippen molar-refractivity contribution in [2.24, 2.45) is 11.7 Å². The molecule has 1 aromatic heterocycles. The lowest BCUT2D eigenvalue weighted by Crippen LogP contribution is -2.18. The SMILES string of the molecule is CCC(C)[C@@H](N)c1nnc(SC)o1. The number of thioether (sulfide) groups is 1. The molecule has 74 valence electrons. The van der Waals surface area contributed by atoms with E-state index < -0.39 is 0 Å². The fourth-order valence-electron chi connectivity index (χ4n) is 0.935. The van der Waals surface area contributed by atoms with Crippen molar-refractivity contribution >= 4 is 11.8 Å². The highest BCUT2D eigenvalue weighted by molar-refractivity contribution is 7.98. The molecule has 0 aliphatic heterocycles. The molecule has 0 aliphatic carbocycles. The van der Waals surface area contributed by atoms with Crippen LogP contribution in [-0.4, -0.2) is 16.5 Å². The predicted octanol–water partition coefficient (Wildman–Crippen LogP) is 1.84. The number of aromatic nitrogens is 2. The normalized spacial score (nSPS) is 15.7. The molecule has 0 bridgehead atoms. The average molecular weight is 201 g/mol. The van der Waals surface area contributed by atoms with Gasteiger partial charge in [-0.15, -0.1) is 10.2 Å². The molecular weight excluding hydrogens is 186 g/mol. The summed E-state index contributed by atoms with van der Waals surface area (Å²) in [5.74, 6) is 0.911. The molecule has 0 radical (unpaired) electrons. The predicted molar refractivity (Wildman–Crippen MR) is 52.5 cm³/mol. The van der Waals surface area contributed by atoms with E-state index in [2.05, 4.69) is 24.0 Å². The van der Waals surface area contributed by atoms with Crippen molar-refractivity contribution in [1.82, 2.24) is 10.2 Å². The van der Waals surface area contributed by atoms with Gasteiger partial charge in [0.05, 0.1) is 6.04 Å². The lowest BCUT2D eigenvalue weighted by Gasteiger charge is -2.13. The zero-order valence-corrected chi connectivity index (χ0v) is 8.97. The maximum atomic E-state index is 5.91. The molecule has 0 amide bonds. The van der Waals surface area contributed by atoms with Crippen LogP contribution in [-0.2, 0) is 0 Å². The van der Waals surface area contributed by atoms with Crippen LogP contribution in [0.25, 0.3) is 0 Å². The molecule has 2 atom stereocenters. The maximum absolute atomic E-state index is 5.91. The van der Waals surface area contributed by atoms with Gasteiger partial charge >= 0.3 is 0 Å². The van der Waals surface area contributed by atoms with E-state index in [1.165, 1.54) is 11.8 Å². The molecule has 0 saturated carbocycles. The fourth-order valence-corrected chi connectivity index (χ4v) is 1.23. The Labute approximate surface area is 82.3 Å². The summed E-state index contributed by atoms with van der Waals surface area (Å²) in [4.78, 5) is 0. The summed E-state index contributed by atoms with van der Waals surface area (Å²) in [5, 5.41) is 8.31. The molecule has 2 N–H and O–H groups in total. The third-order valence-electron chi connectivity index (χ3n) is 2.14. The van der Waals surface area contributed by atoms with Crippen LogP contribution in [0.5, 0.6) is 0 Å². The quantitative estimate of drug-likeness (QED) is 0.753. The van der Waals surface area contributed by atoms with E-state index in [0.717, 1.165) is 6.42 Å². The minimum atomic E-state index is -0.140. The van der Waals surface area contributed by atoms with Gasteiger partial charge in [-0.2, -0.15) is 0 Å². The van der Waals surface area contributed by atoms with Gasteiger partial charge in [0, 0.05) is 0 Å². The largest absolute Gasteiger partial charge is 0.414 e. The zero-order chi connectivity index (χ0) is 9.84. The first kappa shape index (κ1) is 10.5. The van der Waals surface area contributed by atoms with E-state index in [0.29, 0.717) is 17.0 Å². The van der Waals surface area contributed by atoms with Gasteiger partial charge in [-0.05, 0) is 12.2 Å². The highest BCUT2D eigenvalue weighted by Crippen LogP contribution is 2.22. The lowest BCUT2D eigenvalue weighted by atomic mass is 10.0. The van der Waals surface area contributed by atoms with Gasteiger partial charge < -0.3 is 10.2 Å². The van der Waals surface area contributed by atoms with Crippen LogP contribution in [0.15, 0.2) is 9.64 Å². The Morgan fingerprint density at radius 3 is 2.69 bits per heavy atom. The molecule has 4 nitrogen and oxygen atoms in total. The smallest absolute Gasteiger partial charge is 0.276 e. The van der Waals surface area contributed by atoms with Gasteiger partial charge in [0.15, 0.2) is 0 Å². The molecule has 1 rings (SSSR count). The number of nitrogens with two attached hydrogens (primary N) is 1. The number of hydrogen-bond acceptors (Lipinski definition) is 5. The fraction of sp³-hybridized carbons (Fsp3) is 0.750. The minimum absolute atomic E-state index is 0.140. The Balaban J connectivity index is 2.70. The first-order valence-corrected chi connectivity index (χ1v) is 5.54. The first-order chi connectivity index (χ1) is 6.19. The first-order valence-electron chi connectivity index (χ1n) is 4.32. The van der Waals surface area contributed by atoms with Crippen molar-refractivity contribution in [3.05, 3.63) is 5.89 Å². The van der Waals surface area contributed by atoms with Crippen molar-refractivity contribution in [1.29, 1.82) is 0 Å². The topological polar surface area (TPSA) is 64.9 Å². The highest BCUT2D eigenvalue weighted by atomic mass is 32.2. The molecule has 13 heavy (non-hydrogen) atoms. The Bertz CT molecular complexity index is 264. The summed E-state index contributed by atoms with van der Waals surface area (Å²) < 4.78 is 5.33. The summed E-state index contributed by atoms with van der Waals surface area (Å²) in [6.45, 7) is 4.17. The molecule has 0 aliphatic rings. The molecule has 5 heteroatoms. The van der Waals surface area contributed by atoms with Crippen molar-refractivity contribution in [3.63, 3.8) is 0 Å². The van der Waals surface area contributed by atoms with Crippen LogP contribution >= 0.6 is 11.8 Å². The van der Waals surface area contributed by atoms with Crippen LogP contribution in [0.4, 0.5) is 0 Å². The zero-order valence-electron chi connectivity index (χ0n) is 8.15. The molecular formula is C8H15N3OS. The van der Waals surface area contributed by atoms with Gasteiger partial charge in [-0.1, -0.05) is 32.0 Å². The number of rotatable bonds is 4. The third-order valence-corrected chi connectivity index (χ3v) is 2.65. The Morgan fingerprint density at radius 2 is 2.23 bits per heavy atom. The van der Waals surface area contributed by atoms with Crippen molar-refractivity contribution < 1.29 is 4.42 Å². The molecule has 0 saturated heterocycles. The summed E-state index contributed by atoms with van der Waals surface area (Å²) in [6.07, 6.45) is 2.91. The number of hydrogen-bond donors (Lipinski definition) is 1. The van der Waals surface area contributed by atoms with Gasteiger partial charge in [0.1, 0.15) is 0 Å². The monoisotopic (exact) mass is 201 g/mol. The average Bonchev–Trinajstić information content (AvgIpc) is 2.63. The second-order valence-electron chi connectivity index (χ2n) is 3.02. The van der Waals surface area contributed by atoms with Crippen molar-refractivity contribution in [2.75, 3.05) is 6.26 Å². The molecule has 0 spiro atoms. The van der Waals surface area contributed by atoms with Gasteiger partial charge in [-0.3, -0.25) is 0 Å². The molecule has 0 aromatic carbocycles. The molecule has 0 fully saturated rings. The Kier molecular flexibility index (Phi) is 3.74. The van der Waals surface area contributed by atoms with E-state index in [-0.39, 0.29) is 6.04 Å². The minimum Gasteiger partial charge on any atom is -0.414 e. The number of nitrogens with zero attached hydrogens (tertiary/aromatic N) is 2. The standard InChI is InChI=1S/C8H15N3OS/c1-4-5(2)6(9)7-10-11-8(12-7)13-3/h5-6H,4,9H2,1-3H3/t5?,6-/m1/s1. The van der Waals surface area contributed by atoms with Crippen LogP contribution in [0.2, 0.25) is 0 Å². The van der Waals surface area contributed by atoms with E-state index in [4.69, 9.17) is 10.2 Å². The van der Waals surface area contributed by atoms with Crippen LogP contribution in [0, 0.1) is 5.92 Å². The van der Waals surface area contributed by atoms with E-state index in [1.807, 2.05) is 6.26 Å². The molecule has 1 unspecified atom stereocenters. The Morgan fingerprint density at radius 1 is 1.54 bits per heavy atom. The molecule has 1 heterocycles. The van der Waals surface area contributed by atoms with Crippen LogP contribution in [0.1, 0.15) is 32.2 Å². The van der Waals surface area contributed by atoms with E-state index >= 15 is 0 Å². The van der Waals surface area contributed by atoms with E-state index in [9.17, 15) is 0 Å². The maximum Gasteiger partial charge on any atom is 0.276 e. The highest BCUT2D eigenvalue weighted by Gasteiger charge is 2.19. The van der Waals surface area contributed by atoms with Crippen molar-refractivity contribution in [2.45, 2.75) is 31.5 Å².